The lowest BCUT2D eigenvalue weighted by Crippen LogP contribution is -2.34. The molecule has 0 saturated carbocycles. The van der Waals surface area contributed by atoms with Crippen LogP contribution in [0.25, 0.3) is 0 Å². The summed E-state index contributed by atoms with van der Waals surface area (Å²) >= 11 is 0. The summed E-state index contributed by atoms with van der Waals surface area (Å²) in [6.45, 7) is 0. The Bertz CT molecular complexity index is 570. The van der Waals surface area contributed by atoms with Crippen molar-refractivity contribution < 1.29 is 24.6 Å². The molecule has 0 aromatic heterocycles. The highest BCUT2D eigenvalue weighted by atomic mass is 16.6. The maximum atomic E-state index is 11.1. The molecule has 7 heteroatoms. The number of nitrogens with zero attached hydrogens (tertiary/aromatic N) is 1. The molecular formula is C13H14N2O5. The molecule has 0 unspecified atom stereocenters. The van der Waals surface area contributed by atoms with Gasteiger partial charge in [-0.15, -0.1) is 0 Å². The predicted octanol–water partition coefficient (Wildman–Crippen LogP) is 0.680. The van der Waals surface area contributed by atoms with E-state index in [-0.39, 0.29) is 12.0 Å². The molecule has 0 spiro atoms. The first-order valence-electron chi connectivity index (χ1n) is 6.03. The quantitative estimate of drug-likeness (QED) is 0.728. The Labute approximate surface area is 114 Å². The summed E-state index contributed by atoms with van der Waals surface area (Å²) in [4.78, 5) is 26.9. The third kappa shape index (κ3) is 2.94. The Morgan fingerprint density at radius 3 is 2.75 bits per heavy atom. The van der Waals surface area contributed by atoms with E-state index in [1.54, 1.807) is 18.2 Å². The molecule has 1 aliphatic rings. The van der Waals surface area contributed by atoms with E-state index in [1.165, 1.54) is 6.07 Å². The number of nitrogens with two attached hydrogens (primary N) is 1. The van der Waals surface area contributed by atoms with Gasteiger partial charge in [0.1, 0.15) is 12.1 Å². The molecule has 0 aliphatic carbocycles. The minimum absolute atomic E-state index is 0.123. The van der Waals surface area contributed by atoms with Crippen molar-refractivity contribution in [1.82, 2.24) is 0 Å². The average Bonchev–Trinajstić information content (AvgIpc) is 2.87. The lowest BCUT2D eigenvalue weighted by Gasteiger charge is -2.11. The van der Waals surface area contributed by atoms with E-state index in [0.29, 0.717) is 17.7 Å². The monoisotopic (exact) mass is 278 g/mol. The third-order valence-electron chi connectivity index (χ3n) is 3.04. The zero-order chi connectivity index (χ0) is 14.7. The fraction of sp³-hybridized carbons (Fsp3) is 0.308. The molecule has 1 aromatic rings. The lowest BCUT2D eigenvalue weighted by molar-refractivity contribution is -0.139. The van der Waals surface area contributed by atoms with E-state index in [4.69, 9.17) is 20.8 Å². The molecule has 7 nitrogen and oxygen atoms in total. The molecule has 4 N–H and O–H groups in total. The summed E-state index contributed by atoms with van der Waals surface area (Å²) < 4.78 is 0. The van der Waals surface area contributed by atoms with Gasteiger partial charge in [0.2, 0.25) is 0 Å². The van der Waals surface area contributed by atoms with Crippen LogP contribution < -0.4 is 5.73 Å². The molecule has 0 fully saturated rings. The molecule has 2 rings (SSSR count). The molecule has 0 bridgehead atoms. The van der Waals surface area contributed by atoms with Gasteiger partial charge in [-0.2, -0.15) is 0 Å². The Kier molecular flexibility index (Phi) is 3.99. The second-order valence-electron chi connectivity index (χ2n) is 4.50. The number of carbonyl (C=O) groups is 2. The number of benzene rings is 1. The fourth-order valence-electron chi connectivity index (χ4n) is 2.02. The SMILES string of the molecule is N[C@@H](C[C@@H]1CC(c2ccccc2C(=O)O)=NO1)C(=O)O. The van der Waals surface area contributed by atoms with Gasteiger partial charge in [-0.1, -0.05) is 23.4 Å². The first-order chi connectivity index (χ1) is 9.49. The molecule has 20 heavy (non-hydrogen) atoms. The van der Waals surface area contributed by atoms with Gasteiger partial charge < -0.3 is 20.8 Å². The Hall–Kier alpha value is -2.41. The molecule has 1 aliphatic heterocycles. The first-order valence-corrected chi connectivity index (χ1v) is 6.03. The molecule has 106 valence electrons. The zero-order valence-corrected chi connectivity index (χ0v) is 10.5. The van der Waals surface area contributed by atoms with E-state index in [9.17, 15) is 9.59 Å². The third-order valence-corrected chi connectivity index (χ3v) is 3.04. The van der Waals surface area contributed by atoms with Gasteiger partial charge >= 0.3 is 11.9 Å². The second kappa shape index (κ2) is 5.70. The molecule has 1 aromatic carbocycles. The van der Waals surface area contributed by atoms with Crippen LogP contribution in [-0.4, -0.2) is 40.0 Å². The van der Waals surface area contributed by atoms with Crippen LogP contribution in [-0.2, 0) is 9.63 Å². The highest BCUT2D eigenvalue weighted by Crippen LogP contribution is 2.22. The standard InChI is InChI=1S/C13H14N2O5/c14-10(13(18)19)5-7-6-11(15-20-7)8-3-1-2-4-9(8)12(16)17/h1-4,7,10H,5-6,14H2,(H,16,17)(H,18,19)/t7-,10+/m1/s1. The van der Waals surface area contributed by atoms with Gasteiger partial charge in [0.15, 0.2) is 0 Å². The number of carboxylic acid groups (broad SMARTS) is 2. The Morgan fingerprint density at radius 2 is 2.10 bits per heavy atom. The van der Waals surface area contributed by atoms with Crippen LogP contribution in [0, 0.1) is 0 Å². The van der Waals surface area contributed by atoms with Crippen LogP contribution >= 0.6 is 0 Å². The number of aliphatic carboxylic acids is 1. The van der Waals surface area contributed by atoms with Crippen molar-refractivity contribution in [3.8, 4) is 0 Å². The van der Waals surface area contributed by atoms with E-state index < -0.39 is 24.1 Å². The van der Waals surface area contributed by atoms with Crippen molar-refractivity contribution >= 4 is 17.7 Å². The fourth-order valence-corrected chi connectivity index (χ4v) is 2.02. The van der Waals surface area contributed by atoms with Crippen LogP contribution in [0.1, 0.15) is 28.8 Å². The molecule has 0 amide bonds. The van der Waals surface area contributed by atoms with Crippen LogP contribution in [0.4, 0.5) is 0 Å². The van der Waals surface area contributed by atoms with E-state index in [2.05, 4.69) is 5.16 Å². The number of hydrogen-bond donors (Lipinski definition) is 3. The molecular weight excluding hydrogens is 264 g/mol. The summed E-state index contributed by atoms with van der Waals surface area (Å²) in [7, 11) is 0. The van der Waals surface area contributed by atoms with Crippen molar-refractivity contribution in [1.29, 1.82) is 0 Å². The van der Waals surface area contributed by atoms with Gasteiger partial charge in [0, 0.05) is 18.4 Å². The number of rotatable bonds is 5. The molecule has 1 heterocycles. The molecule has 2 atom stereocenters. The second-order valence-corrected chi connectivity index (χ2v) is 4.50. The normalized spacial score (nSPS) is 19.1. The Morgan fingerprint density at radius 1 is 1.40 bits per heavy atom. The zero-order valence-electron chi connectivity index (χ0n) is 10.5. The maximum Gasteiger partial charge on any atom is 0.336 e. The smallest absolute Gasteiger partial charge is 0.336 e. The number of aromatic carboxylic acids is 1. The highest BCUT2D eigenvalue weighted by Gasteiger charge is 2.28. The molecule has 0 radical (unpaired) electrons. The first kappa shape index (κ1) is 14.0. The Balaban J connectivity index is 2.10. The predicted molar refractivity (Wildman–Crippen MR) is 69.7 cm³/mol. The summed E-state index contributed by atoms with van der Waals surface area (Å²) in [6, 6.07) is 5.44. The average molecular weight is 278 g/mol. The highest BCUT2D eigenvalue weighted by molar-refractivity contribution is 6.08. The van der Waals surface area contributed by atoms with Crippen LogP contribution in [0.3, 0.4) is 0 Å². The minimum Gasteiger partial charge on any atom is -0.480 e. The van der Waals surface area contributed by atoms with Gasteiger partial charge in [-0.3, -0.25) is 4.79 Å². The van der Waals surface area contributed by atoms with E-state index in [0.717, 1.165) is 0 Å². The van der Waals surface area contributed by atoms with Crippen molar-refractivity contribution in [2.24, 2.45) is 10.9 Å². The summed E-state index contributed by atoms with van der Waals surface area (Å²) in [5, 5.41) is 21.7. The minimum atomic E-state index is -1.10. The van der Waals surface area contributed by atoms with E-state index >= 15 is 0 Å². The summed E-state index contributed by atoms with van der Waals surface area (Å²) in [5.74, 6) is -2.15. The van der Waals surface area contributed by atoms with Crippen LogP contribution in [0.2, 0.25) is 0 Å². The maximum absolute atomic E-state index is 11.1. The van der Waals surface area contributed by atoms with Gasteiger partial charge in [-0.25, -0.2) is 4.79 Å². The lowest BCUT2D eigenvalue weighted by atomic mass is 9.97. The van der Waals surface area contributed by atoms with Gasteiger partial charge in [0.25, 0.3) is 0 Å². The van der Waals surface area contributed by atoms with E-state index in [1.807, 2.05) is 0 Å². The van der Waals surface area contributed by atoms with Crippen LogP contribution in [0.5, 0.6) is 0 Å². The van der Waals surface area contributed by atoms with Gasteiger partial charge in [0.05, 0.1) is 11.3 Å². The van der Waals surface area contributed by atoms with Gasteiger partial charge in [-0.05, 0) is 6.07 Å². The van der Waals surface area contributed by atoms with Crippen molar-refractivity contribution in [2.45, 2.75) is 25.0 Å². The summed E-state index contributed by atoms with van der Waals surface area (Å²) in [6.07, 6.45) is 0.0148. The number of oxime groups is 1. The van der Waals surface area contributed by atoms with Crippen molar-refractivity contribution in [3.05, 3.63) is 35.4 Å². The topological polar surface area (TPSA) is 122 Å². The number of carboxylic acids is 2. The largest absolute Gasteiger partial charge is 0.480 e. The molecule has 0 saturated heterocycles. The number of hydrogen-bond acceptors (Lipinski definition) is 5. The van der Waals surface area contributed by atoms with Crippen LogP contribution in [0.15, 0.2) is 29.4 Å². The van der Waals surface area contributed by atoms with Crippen molar-refractivity contribution in [2.75, 3.05) is 0 Å². The van der Waals surface area contributed by atoms with Crippen molar-refractivity contribution in [3.63, 3.8) is 0 Å². The summed E-state index contributed by atoms with van der Waals surface area (Å²) in [5.41, 5.74) is 6.54.